The van der Waals surface area contributed by atoms with E-state index >= 15 is 0 Å². The van der Waals surface area contributed by atoms with Gasteiger partial charge in [-0.25, -0.2) is 4.39 Å². The highest BCUT2D eigenvalue weighted by Gasteiger charge is 2.15. The molecule has 1 aliphatic rings. The van der Waals surface area contributed by atoms with Gasteiger partial charge in [0, 0.05) is 24.3 Å². The maximum Gasteiger partial charge on any atom is 0.252 e. The van der Waals surface area contributed by atoms with Crippen molar-refractivity contribution in [3.63, 3.8) is 0 Å². The van der Waals surface area contributed by atoms with Crippen LogP contribution >= 0.6 is 11.6 Å². The van der Waals surface area contributed by atoms with Gasteiger partial charge in [-0.05, 0) is 42.6 Å². The third kappa shape index (κ3) is 2.29. The third-order valence-electron chi connectivity index (χ3n) is 2.58. The number of rotatable bonds is 2. The first-order valence-corrected chi connectivity index (χ1v) is 5.30. The van der Waals surface area contributed by atoms with Gasteiger partial charge < -0.3 is 4.90 Å². The van der Waals surface area contributed by atoms with Crippen molar-refractivity contribution >= 4 is 22.5 Å². The average Bonchev–Trinajstić information content (AvgIpc) is 2.69. The molecule has 0 aromatic heterocycles. The minimum atomic E-state index is -0.616. The lowest BCUT2D eigenvalue weighted by atomic mass is 10.2. The van der Waals surface area contributed by atoms with Crippen LogP contribution in [0.3, 0.4) is 0 Å². The maximum absolute atomic E-state index is 13.2. The molecule has 0 bridgehead atoms. The molecule has 0 spiro atoms. The van der Waals surface area contributed by atoms with Crippen molar-refractivity contribution in [3.05, 3.63) is 29.6 Å². The van der Waals surface area contributed by atoms with Gasteiger partial charge >= 0.3 is 0 Å². The van der Waals surface area contributed by atoms with Crippen molar-refractivity contribution in [2.45, 2.75) is 12.8 Å². The van der Waals surface area contributed by atoms with Gasteiger partial charge in [0.15, 0.2) is 0 Å². The highest BCUT2D eigenvalue weighted by molar-refractivity contribution is 6.67. The number of anilines is 1. The number of benzene rings is 1. The molecule has 80 valence electrons. The van der Waals surface area contributed by atoms with Gasteiger partial charge in [0.25, 0.3) is 5.24 Å². The summed E-state index contributed by atoms with van der Waals surface area (Å²) in [5.41, 5.74) is 0.968. The molecule has 0 unspecified atom stereocenters. The van der Waals surface area contributed by atoms with Crippen LogP contribution in [0.2, 0.25) is 0 Å². The predicted molar refractivity (Wildman–Crippen MR) is 58.0 cm³/mol. The summed E-state index contributed by atoms with van der Waals surface area (Å²) >= 11 is 5.33. The number of carbonyl (C=O) groups is 1. The molecule has 0 radical (unpaired) electrons. The number of hydrogen-bond acceptors (Lipinski definition) is 2. The van der Waals surface area contributed by atoms with E-state index in [2.05, 4.69) is 4.90 Å². The monoisotopic (exact) mass is 227 g/mol. The predicted octanol–water partition coefficient (Wildman–Crippen LogP) is 2.80. The Morgan fingerprint density at radius 2 is 1.93 bits per heavy atom. The van der Waals surface area contributed by atoms with E-state index < -0.39 is 11.1 Å². The minimum Gasteiger partial charge on any atom is -0.371 e. The summed E-state index contributed by atoms with van der Waals surface area (Å²) < 4.78 is 13.2. The van der Waals surface area contributed by atoms with Gasteiger partial charge in [-0.15, -0.1) is 0 Å². The van der Waals surface area contributed by atoms with Gasteiger partial charge in [-0.1, -0.05) is 0 Å². The summed E-state index contributed by atoms with van der Waals surface area (Å²) in [5, 5.41) is -0.616. The van der Waals surface area contributed by atoms with Crippen LogP contribution in [-0.2, 0) is 0 Å². The SMILES string of the molecule is O=C(Cl)c1cc(F)cc(N2CCCC2)c1. The summed E-state index contributed by atoms with van der Waals surface area (Å²) in [5.74, 6) is -0.414. The molecule has 1 fully saturated rings. The topological polar surface area (TPSA) is 20.3 Å². The van der Waals surface area contributed by atoms with Crippen molar-refractivity contribution in [1.29, 1.82) is 0 Å². The van der Waals surface area contributed by atoms with Gasteiger partial charge in [-0.2, -0.15) is 0 Å². The first-order valence-electron chi connectivity index (χ1n) is 4.92. The Morgan fingerprint density at radius 3 is 2.53 bits per heavy atom. The molecule has 2 rings (SSSR count). The Hall–Kier alpha value is -1.09. The molecule has 15 heavy (non-hydrogen) atoms. The second-order valence-electron chi connectivity index (χ2n) is 3.67. The van der Waals surface area contributed by atoms with E-state index in [0.717, 1.165) is 37.7 Å². The van der Waals surface area contributed by atoms with Gasteiger partial charge in [0.05, 0.1) is 0 Å². The first kappa shape index (κ1) is 10.4. The van der Waals surface area contributed by atoms with Crippen LogP contribution in [0, 0.1) is 5.82 Å². The van der Waals surface area contributed by atoms with E-state index in [1.54, 1.807) is 6.07 Å². The molecule has 0 saturated carbocycles. The lowest BCUT2D eigenvalue weighted by Crippen LogP contribution is -2.18. The van der Waals surface area contributed by atoms with Crippen LogP contribution in [0.15, 0.2) is 18.2 Å². The Kier molecular flexibility index (Phi) is 2.91. The van der Waals surface area contributed by atoms with E-state index in [9.17, 15) is 9.18 Å². The highest BCUT2D eigenvalue weighted by atomic mass is 35.5. The molecular weight excluding hydrogens is 217 g/mol. The highest BCUT2D eigenvalue weighted by Crippen LogP contribution is 2.23. The van der Waals surface area contributed by atoms with Crippen LogP contribution in [-0.4, -0.2) is 18.3 Å². The largest absolute Gasteiger partial charge is 0.371 e. The normalized spacial score (nSPS) is 15.7. The fourth-order valence-electron chi connectivity index (χ4n) is 1.85. The van der Waals surface area contributed by atoms with Gasteiger partial charge in [0.2, 0.25) is 0 Å². The number of hydrogen-bond donors (Lipinski definition) is 0. The Bertz CT molecular complexity index is 388. The Labute approximate surface area is 92.6 Å². The van der Waals surface area contributed by atoms with E-state index in [-0.39, 0.29) is 5.56 Å². The average molecular weight is 228 g/mol. The third-order valence-corrected chi connectivity index (χ3v) is 2.80. The van der Waals surface area contributed by atoms with Crippen LogP contribution in [0.4, 0.5) is 10.1 Å². The lowest BCUT2D eigenvalue weighted by molar-refractivity contribution is 0.108. The van der Waals surface area contributed by atoms with Crippen molar-refractivity contribution in [1.82, 2.24) is 0 Å². The molecule has 1 aliphatic heterocycles. The zero-order valence-corrected chi connectivity index (χ0v) is 8.93. The summed E-state index contributed by atoms with van der Waals surface area (Å²) in [6, 6.07) is 4.24. The molecule has 0 aliphatic carbocycles. The quantitative estimate of drug-likeness (QED) is 0.725. The second kappa shape index (κ2) is 4.19. The van der Waals surface area contributed by atoms with Gasteiger partial charge in [-0.3, -0.25) is 4.79 Å². The fourth-order valence-corrected chi connectivity index (χ4v) is 1.95. The second-order valence-corrected chi connectivity index (χ2v) is 4.01. The number of halogens is 2. The zero-order chi connectivity index (χ0) is 10.8. The van der Waals surface area contributed by atoms with Crippen molar-refractivity contribution in [2.75, 3.05) is 18.0 Å². The van der Waals surface area contributed by atoms with E-state index in [0.29, 0.717) is 0 Å². The Morgan fingerprint density at radius 1 is 1.27 bits per heavy atom. The molecule has 2 nitrogen and oxygen atoms in total. The standard InChI is InChI=1S/C11H11ClFNO/c12-11(15)8-5-9(13)7-10(6-8)14-3-1-2-4-14/h5-7H,1-4H2. The molecule has 1 heterocycles. The van der Waals surface area contributed by atoms with Crippen molar-refractivity contribution < 1.29 is 9.18 Å². The summed E-state index contributed by atoms with van der Waals surface area (Å²) in [4.78, 5) is 13.0. The molecule has 1 saturated heterocycles. The minimum absolute atomic E-state index is 0.221. The molecule has 4 heteroatoms. The summed E-state index contributed by atoms with van der Waals surface area (Å²) in [7, 11) is 0. The van der Waals surface area contributed by atoms with Crippen LogP contribution in [0.5, 0.6) is 0 Å². The zero-order valence-electron chi connectivity index (χ0n) is 8.17. The molecule has 0 atom stereocenters. The first-order chi connectivity index (χ1) is 7.16. The maximum atomic E-state index is 13.2. The number of nitrogens with zero attached hydrogens (tertiary/aromatic N) is 1. The van der Waals surface area contributed by atoms with Crippen molar-refractivity contribution in [2.24, 2.45) is 0 Å². The Balaban J connectivity index is 2.34. The van der Waals surface area contributed by atoms with Crippen LogP contribution < -0.4 is 4.90 Å². The van der Waals surface area contributed by atoms with Crippen LogP contribution in [0.1, 0.15) is 23.2 Å². The smallest absolute Gasteiger partial charge is 0.252 e. The summed E-state index contributed by atoms with van der Waals surface area (Å²) in [6.45, 7) is 1.83. The van der Waals surface area contributed by atoms with Crippen LogP contribution in [0.25, 0.3) is 0 Å². The van der Waals surface area contributed by atoms with E-state index in [1.165, 1.54) is 6.07 Å². The molecule has 1 aromatic carbocycles. The van der Waals surface area contributed by atoms with Gasteiger partial charge in [0.1, 0.15) is 5.82 Å². The van der Waals surface area contributed by atoms with E-state index in [4.69, 9.17) is 11.6 Å². The molecular formula is C11H11ClFNO. The molecule has 0 N–H and O–H groups in total. The lowest BCUT2D eigenvalue weighted by Gasteiger charge is -2.17. The fraction of sp³-hybridized carbons (Fsp3) is 0.364. The summed E-state index contributed by atoms with van der Waals surface area (Å²) in [6.07, 6.45) is 2.22. The molecule has 0 amide bonds. The van der Waals surface area contributed by atoms with E-state index in [1.807, 2.05) is 0 Å². The molecule has 1 aromatic rings. The van der Waals surface area contributed by atoms with Crippen molar-refractivity contribution in [3.8, 4) is 0 Å². The number of carbonyl (C=O) groups excluding carboxylic acids is 1.